The Morgan fingerprint density at radius 1 is 1.44 bits per heavy atom. The lowest BCUT2D eigenvalue weighted by Crippen LogP contribution is -2.46. The maximum atomic E-state index is 12.5. The molecule has 2 rings (SSSR count). The van der Waals surface area contributed by atoms with Gasteiger partial charge in [-0.05, 0) is 25.8 Å². The first-order chi connectivity index (χ1) is 7.78. The standard InChI is InChI=1S/C12H22N2O2/c1-2-12(4-5-13-10-12)11(15)14-6-3-8-16-9-7-14/h13H,2-10H2,1H3. The largest absolute Gasteiger partial charge is 0.380 e. The molecule has 2 aliphatic heterocycles. The Kier molecular flexibility index (Phi) is 3.82. The molecule has 0 saturated carbocycles. The third-order valence-electron chi connectivity index (χ3n) is 3.88. The number of nitrogens with one attached hydrogen (secondary N) is 1. The second-order valence-corrected chi connectivity index (χ2v) is 4.82. The lowest BCUT2D eigenvalue weighted by Gasteiger charge is -2.32. The molecule has 0 bridgehead atoms. The molecule has 16 heavy (non-hydrogen) atoms. The summed E-state index contributed by atoms with van der Waals surface area (Å²) in [6, 6.07) is 0. The van der Waals surface area contributed by atoms with Gasteiger partial charge in [-0.15, -0.1) is 0 Å². The van der Waals surface area contributed by atoms with Gasteiger partial charge in [-0.3, -0.25) is 4.79 Å². The molecule has 4 nitrogen and oxygen atoms in total. The molecule has 2 aliphatic rings. The van der Waals surface area contributed by atoms with E-state index < -0.39 is 0 Å². The molecule has 1 atom stereocenters. The summed E-state index contributed by atoms with van der Waals surface area (Å²) in [5.74, 6) is 0.338. The first kappa shape index (κ1) is 11.9. The highest BCUT2D eigenvalue weighted by Crippen LogP contribution is 2.31. The van der Waals surface area contributed by atoms with Crippen LogP contribution in [0.15, 0.2) is 0 Å². The van der Waals surface area contributed by atoms with Gasteiger partial charge in [0.05, 0.1) is 12.0 Å². The molecule has 0 aromatic rings. The second kappa shape index (κ2) is 5.15. The highest BCUT2D eigenvalue weighted by molar-refractivity contribution is 5.83. The van der Waals surface area contributed by atoms with Crippen molar-refractivity contribution < 1.29 is 9.53 Å². The minimum Gasteiger partial charge on any atom is -0.380 e. The average molecular weight is 226 g/mol. The normalized spacial score (nSPS) is 31.4. The highest BCUT2D eigenvalue weighted by Gasteiger charge is 2.41. The van der Waals surface area contributed by atoms with E-state index in [4.69, 9.17) is 4.74 Å². The Labute approximate surface area is 97.3 Å². The molecule has 1 N–H and O–H groups in total. The molecule has 0 aromatic carbocycles. The van der Waals surface area contributed by atoms with Gasteiger partial charge in [-0.1, -0.05) is 6.92 Å². The van der Waals surface area contributed by atoms with Crippen LogP contribution in [0.5, 0.6) is 0 Å². The molecule has 0 spiro atoms. The average Bonchev–Trinajstić information content (AvgIpc) is 2.64. The van der Waals surface area contributed by atoms with Gasteiger partial charge in [0.15, 0.2) is 0 Å². The molecule has 4 heteroatoms. The van der Waals surface area contributed by atoms with Gasteiger partial charge in [0.2, 0.25) is 5.91 Å². The van der Waals surface area contributed by atoms with Crippen LogP contribution in [0.1, 0.15) is 26.2 Å². The minimum atomic E-state index is -0.135. The molecular formula is C12H22N2O2. The van der Waals surface area contributed by atoms with Crippen molar-refractivity contribution in [2.24, 2.45) is 5.41 Å². The second-order valence-electron chi connectivity index (χ2n) is 4.82. The predicted octanol–water partition coefficient (Wildman–Crippen LogP) is 0.625. The van der Waals surface area contributed by atoms with Crippen LogP contribution in [0.2, 0.25) is 0 Å². The van der Waals surface area contributed by atoms with Gasteiger partial charge in [0.25, 0.3) is 0 Å². The summed E-state index contributed by atoms with van der Waals surface area (Å²) < 4.78 is 5.39. The molecule has 2 heterocycles. The number of amides is 1. The van der Waals surface area contributed by atoms with E-state index in [1.54, 1.807) is 0 Å². The third kappa shape index (κ3) is 2.23. The van der Waals surface area contributed by atoms with Gasteiger partial charge in [-0.25, -0.2) is 0 Å². The fourth-order valence-corrected chi connectivity index (χ4v) is 2.66. The van der Waals surface area contributed by atoms with Crippen LogP contribution < -0.4 is 5.32 Å². The van der Waals surface area contributed by atoms with E-state index in [1.165, 1.54) is 0 Å². The van der Waals surface area contributed by atoms with Crippen LogP contribution in [-0.2, 0) is 9.53 Å². The number of nitrogens with zero attached hydrogens (tertiary/aromatic N) is 1. The van der Waals surface area contributed by atoms with Gasteiger partial charge < -0.3 is 15.0 Å². The fourth-order valence-electron chi connectivity index (χ4n) is 2.66. The molecule has 2 fully saturated rings. The SMILES string of the molecule is CCC1(C(=O)N2CCCOCC2)CCNC1. The maximum absolute atomic E-state index is 12.5. The monoisotopic (exact) mass is 226 g/mol. The fraction of sp³-hybridized carbons (Fsp3) is 0.917. The number of carbonyl (C=O) groups excluding carboxylic acids is 1. The van der Waals surface area contributed by atoms with Gasteiger partial charge in [0.1, 0.15) is 0 Å². The maximum Gasteiger partial charge on any atom is 0.230 e. The third-order valence-corrected chi connectivity index (χ3v) is 3.88. The number of carbonyl (C=O) groups is 1. The van der Waals surface area contributed by atoms with Crippen molar-refractivity contribution in [1.29, 1.82) is 0 Å². The lowest BCUT2D eigenvalue weighted by atomic mass is 9.82. The molecule has 0 radical (unpaired) electrons. The first-order valence-electron chi connectivity index (χ1n) is 6.36. The minimum absolute atomic E-state index is 0.135. The Hall–Kier alpha value is -0.610. The molecule has 92 valence electrons. The summed E-state index contributed by atoms with van der Waals surface area (Å²) >= 11 is 0. The van der Waals surface area contributed by atoms with Crippen LogP contribution in [0.3, 0.4) is 0 Å². The van der Waals surface area contributed by atoms with E-state index >= 15 is 0 Å². The lowest BCUT2D eigenvalue weighted by molar-refractivity contribution is -0.141. The van der Waals surface area contributed by atoms with Crippen molar-refractivity contribution in [3.8, 4) is 0 Å². The van der Waals surface area contributed by atoms with Crippen molar-refractivity contribution >= 4 is 5.91 Å². The molecule has 0 aromatic heterocycles. The van der Waals surface area contributed by atoms with Crippen LogP contribution in [0.4, 0.5) is 0 Å². The highest BCUT2D eigenvalue weighted by atomic mass is 16.5. The quantitative estimate of drug-likeness (QED) is 0.750. The van der Waals surface area contributed by atoms with Crippen molar-refractivity contribution in [3.05, 3.63) is 0 Å². The molecule has 0 aliphatic carbocycles. The number of hydrogen-bond acceptors (Lipinski definition) is 3. The number of ether oxygens (including phenoxy) is 1. The van der Waals surface area contributed by atoms with E-state index in [0.717, 1.165) is 52.0 Å². The molecule has 1 unspecified atom stereocenters. The smallest absolute Gasteiger partial charge is 0.230 e. The van der Waals surface area contributed by atoms with Crippen molar-refractivity contribution in [2.75, 3.05) is 39.4 Å². The Morgan fingerprint density at radius 3 is 3.00 bits per heavy atom. The van der Waals surface area contributed by atoms with Crippen LogP contribution >= 0.6 is 0 Å². The summed E-state index contributed by atoms with van der Waals surface area (Å²) in [7, 11) is 0. The van der Waals surface area contributed by atoms with Crippen LogP contribution in [0.25, 0.3) is 0 Å². The van der Waals surface area contributed by atoms with Crippen molar-refractivity contribution in [3.63, 3.8) is 0 Å². The van der Waals surface area contributed by atoms with E-state index in [2.05, 4.69) is 12.2 Å². The van der Waals surface area contributed by atoms with E-state index in [1.807, 2.05) is 4.90 Å². The number of rotatable bonds is 2. The Morgan fingerprint density at radius 2 is 2.31 bits per heavy atom. The Balaban J connectivity index is 2.03. The van der Waals surface area contributed by atoms with Gasteiger partial charge in [-0.2, -0.15) is 0 Å². The summed E-state index contributed by atoms with van der Waals surface area (Å²) in [6.07, 6.45) is 2.90. The van der Waals surface area contributed by atoms with Gasteiger partial charge >= 0.3 is 0 Å². The molecule has 1 amide bonds. The summed E-state index contributed by atoms with van der Waals surface area (Å²) in [4.78, 5) is 14.5. The van der Waals surface area contributed by atoms with E-state index in [9.17, 15) is 4.79 Å². The Bertz CT molecular complexity index is 241. The number of hydrogen-bond donors (Lipinski definition) is 1. The summed E-state index contributed by atoms with van der Waals surface area (Å²) in [5.41, 5.74) is -0.135. The molecule has 2 saturated heterocycles. The zero-order chi connectivity index (χ0) is 11.4. The zero-order valence-electron chi connectivity index (χ0n) is 10.1. The van der Waals surface area contributed by atoms with E-state index in [0.29, 0.717) is 12.5 Å². The predicted molar refractivity (Wildman–Crippen MR) is 62.2 cm³/mol. The summed E-state index contributed by atoms with van der Waals surface area (Å²) in [5, 5.41) is 3.32. The van der Waals surface area contributed by atoms with Crippen molar-refractivity contribution in [2.45, 2.75) is 26.2 Å². The van der Waals surface area contributed by atoms with Gasteiger partial charge in [0, 0.05) is 26.2 Å². The topological polar surface area (TPSA) is 41.6 Å². The zero-order valence-corrected chi connectivity index (χ0v) is 10.1. The van der Waals surface area contributed by atoms with Crippen molar-refractivity contribution in [1.82, 2.24) is 10.2 Å². The molecular weight excluding hydrogens is 204 g/mol. The van der Waals surface area contributed by atoms with E-state index in [-0.39, 0.29) is 5.41 Å². The first-order valence-corrected chi connectivity index (χ1v) is 6.36. The van der Waals surface area contributed by atoms with Crippen LogP contribution in [-0.4, -0.2) is 50.2 Å². The summed E-state index contributed by atoms with van der Waals surface area (Å²) in [6.45, 7) is 7.06. The van der Waals surface area contributed by atoms with Crippen LogP contribution in [0, 0.1) is 5.41 Å².